The minimum absolute atomic E-state index is 0.132. The quantitative estimate of drug-likeness (QED) is 0.167. The molecule has 1 aromatic heterocycles. The van der Waals surface area contributed by atoms with Gasteiger partial charge >= 0.3 is 6.18 Å². The Morgan fingerprint density at radius 1 is 0.867 bits per heavy atom. The summed E-state index contributed by atoms with van der Waals surface area (Å²) >= 11 is 6.73. The van der Waals surface area contributed by atoms with Crippen LogP contribution in [0, 0.1) is 0 Å². The molecule has 0 spiro atoms. The predicted molar refractivity (Wildman–Crippen MR) is 168 cm³/mol. The van der Waals surface area contributed by atoms with Gasteiger partial charge in [0.2, 0.25) is 5.91 Å². The molecule has 1 unspecified atom stereocenters. The number of amides is 3. The first kappa shape index (κ1) is 31.3. The number of anilines is 1. The number of halogens is 4. The Hall–Kier alpha value is -5.09. The number of carbonyl (C=O) groups is 3. The van der Waals surface area contributed by atoms with Crippen LogP contribution in [0.3, 0.4) is 0 Å². The summed E-state index contributed by atoms with van der Waals surface area (Å²) in [6.45, 7) is 2.17. The molecule has 1 heterocycles. The van der Waals surface area contributed by atoms with E-state index >= 15 is 0 Å². The topological polar surface area (TPSA) is 92.2 Å². The molecule has 7 nitrogen and oxygen atoms in total. The smallest absolute Gasteiger partial charge is 0.354 e. The Bertz CT molecular complexity index is 1890. The number of fused-ring (bicyclic) bond motifs is 1. The van der Waals surface area contributed by atoms with Crippen LogP contribution in [0.15, 0.2) is 97.1 Å². The number of rotatable bonds is 8. The third-order valence-electron chi connectivity index (χ3n) is 7.33. The van der Waals surface area contributed by atoms with E-state index in [1.165, 1.54) is 12.1 Å². The van der Waals surface area contributed by atoms with Gasteiger partial charge in [-0.05, 0) is 60.0 Å². The lowest BCUT2D eigenvalue weighted by molar-refractivity contribution is -0.137. The van der Waals surface area contributed by atoms with Gasteiger partial charge < -0.3 is 20.5 Å². The summed E-state index contributed by atoms with van der Waals surface area (Å²) in [5.41, 5.74) is 2.12. The van der Waals surface area contributed by atoms with E-state index in [9.17, 15) is 27.6 Å². The molecule has 45 heavy (non-hydrogen) atoms. The van der Waals surface area contributed by atoms with E-state index in [4.69, 9.17) is 11.6 Å². The number of aryl methyl sites for hydroxylation is 1. The maximum atomic E-state index is 13.5. The number of alkyl halides is 3. The summed E-state index contributed by atoms with van der Waals surface area (Å²) in [6, 6.07) is 24.1. The average Bonchev–Trinajstić information content (AvgIpc) is 3.28. The molecule has 5 aromatic rings. The summed E-state index contributed by atoms with van der Waals surface area (Å²) in [4.78, 5) is 39.7. The maximum Gasteiger partial charge on any atom is 0.416 e. The number of nitrogens with zero attached hydrogens (tertiary/aromatic N) is 1. The molecule has 230 valence electrons. The van der Waals surface area contributed by atoms with Gasteiger partial charge in [0.15, 0.2) is 0 Å². The van der Waals surface area contributed by atoms with E-state index in [0.29, 0.717) is 39.8 Å². The molecule has 5 rings (SSSR count). The highest BCUT2D eigenvalue weighted by Gasteiger charge is 2.30. The van der Waals surface area contributed by atoms with Crippen LogP contribution in [0.25, 0.3) is 22.0 Å². The fourth-order valence-electron chi connectivity index (χ4n) is 5.12. The molecule has 0 bridgehead atoms. The zero-order valence-electron chi connectivity index (χ0n) is 24.2. The Morgan fingerprint density at radius 2 is 1.53 bits per heavy atom. The second-order valence-electron chi connectivity index (χ2n) is 10.2. The number of hydrogen-bond donors (Lipinski definition) is 3. The molecule has 3 N–H and O–H groups in total. The largest absolute Gasteiger partial charge is 0.416 e. The summed E-state index contributed by atoms with van der Waals surface area (Å²) < 4.78 is 40.8. The molecular weight excluding hydrogens is 605 g/mol. The number of likely N-dealkylation sites (N-methyl/N-ethyl adjacent to an activating group) is 1. The van der Waals surface area contributed by atoms with Crippen LogP contribution in [0.2, 0.25) is 5.02 Å². The molecule has 0 aliphatic rings. The van der Waals surface area contributed by atoms with Gasteiger partial charge in [-0.15, -0.1) is 0 Å². The highest BCUT2D eigenvalue weighted by molar-refractivity contribution is 6.39. The predicted octanol–water partition coefficient (Wildman–Crippen LogP) is 7.38. The van der Waals surface area contributed by atoms with Crippen molar-refractivity contribution in [3.05, 3.63) is 124 Å². The Balaban J connectivity index is 1.41. The third kappa shape index (κ3) is 6.56. The first-order chi connectivity index (χ1) is 21.5. The molecule has 0 fully saturated rings. The van der Waals surface area contributed by atoms with Gasteiger partial charge in [-0.25, -0.2) is 0 Å². The number of carbonyl (C=O) groups excluding carboxylic acids is 3. The Kier molecular flexibility index (Phi) is 8.96. The van der Waals surface area contributed by atoms with Crippen molar-refractivity contribution in [1.82, 2.24) is 15.2 Å². The summed E-state index contributed by atoms with van der Waals surface area (Å²) in [6.07, 6.45) is -4.47. The van der Waals surface area contributed by atoms with Gasteiger partial charge in [-0.1, -0.05) is 72.3 Å². The van der Waals surface area contributed by atoms with Crippen molar-refractivity contribution in [2.24, 2.45) is 7.05 Å². The van der Waals surface area contributed by atoms with Crippen LogP contribution in [-0.4, -0.2) is 28.8 Å². The average molecular weight is 633 g/mol. The van der Waals surface area contributed by atoms with Crippen molar-refractivity contribution < 1.29 is 27.6 Å². The Labute approximate surface area is 262 Å². The SMILES string of the molecule is CCNC(=O)C(NC(=O)c1c(Cl)c2cc(NC(=O)c3ccccc3-c3ccc(C(F)(F)F)cc3)ccc2n1C)c1ccccc1. The minimum Gasteiger partial charge on any atom is -0.354 e. The molecule has 1 atom stereocenters. The van der Waals surface area contributed by atoms with Gasteiger partial charge in [-0.3, -0.25) is 14.4 Å². The van der Waals surface area contributed by atoms with E-state index in [0.717, 1.165) is 12.1 Å². The monoisotopic (exact) mass is 632 g/mol. The number of hydrogen-bond acceptors (Lipinski definition) is 3. The molecule has 3 amide bonds. The molecule has 0 saturated heterocycles. The number of aromatic nitrogens is 1. The lowest BCUT2D eigenvalue weighted by atomic mass is 9.98. The van der Waals surface area contributed by atoms with E-state index in [-0.39, 0.29) is 22.2 Å². The third-order valence-corrected chi connectivity index (χ3v) is 7.71. The minimum atomic E-state index is -4.47. The van der Waals surface area contributed by atoms with E-state index < -0.39 is 29.6 Å². The van der Waals surface area contributed by atoms with Gasteiger partial charge in [0.1, 0.15) is 11.7 Å². The van der Waals surface area contributed by atoms with Crippen molar-refractivity contribution in [1.29, 1.82) is 0 Å². The van der Waals surface area contributed by atoms with Crippen molar-refractivity contribution in [3.63, 3.8) is 0 Å². The van der Waals surface area contributed by atoms with Crippen molar-refractivity contribution in [2.45, 2.75) is 19.1 Å². The normalized spacial score (nSPS) is 12.0. The second-order valence-corrected chi connectivity index (χ2v) is 10.6. The van der Waals surface area contributed by atoms with Gasteiger partial charge in [0.25, 0.3) is 11.8 Å². The van der Waals surface area contributed by atoms with Gasteiger partial charge in [0.05, 0.1) is 16.1 Å². The lowest BCUT2D eigenvalue weighted by Crippen LogP contribution is -2.40. The molecule has 11 heteroatoms. The van der Waals surface area contributed by atoms with E-state index in [2.05, 4.69) is 16.0 Å². The zero-order valence-corrected chi connectivity index (χ0v) is 25.0. The van der Waals surface area contributed by atoms with Crippen LogP contribution in [0.1, 0.15) is 44.9 Å². The zero-order chi connectivity index (χ0) is 32.3. The number of benzene rings is 4. The molecule has 0 radical (unpaired) electrons. The van der Waals surface area contributed by atoms with Gasteiger partial charge in [-0.2, -0.15) is 13.2 Å². The summed E-state index contributed by atoms with van der Waals surface area (Å²) in [5, 5.41) is 8.98. The van der Waals surface area contributed by atoms with Crippen LogP contribution < -0.4 is 16.0 Å². The fraction of sp³-hybridized carbons (Fsp3) is 0.147. The highest BCUT2D eigenvalue weighted by Crippen LogP contribution is 2.34. The maximum absolute atomic E-state index is 13.5. The molecule has 0 aliphatic heterocycles. The highest BCUT2D eigenvalue weighted by atomic mass is 35.5. The molecule has 0 saturated carbocycles. The van der Waals surface area contributed by atoms with Gasteiger partial charge in [0, 0.05) is 30.2 Å². The molecular formula is C34H28ClF3N4O3. The summed E-state index contributed by atoms with van der Waals surface area (Å²) in [7, 11) is 1.67. The lowest BCUT2D eigenvalue weighted by Gasteiger charge is -2.19. The second kappa shape index (κ2) is 12.9. The first-order valence-corrected chi connectivity index (χ1v) is 14.4. The van der Waals surface area contributed by atoms with Crippen molar-refractivity contribution in [2.75, 3.05) is 11.9 Å². The van der Waals surface area contributed by atoms with Crippen molar-refractivity contribution >= 4 is 45.9 Å². The first-order valence-electron chi connectivity index (χ1n) is 14.0. The molecule has 0 aliphatic carbocycles. The van der Waals surface area contributed by atoms with E-state index in [1.807, 2.05) is 6.07 Å². The van der Waals surface area contributed by atoms with Crippen LogP contribution in [0.4, 0.5) is 18.9 Å². The summed E-state index contributed by atoms with van der Waals surface area (Å²) in [5.74, 6) is -1.41. The molecule has 4 aromatic carbocycles. The Morgan fingerprint density at radius 3 is 2.20 bits per heavy atom. The standard InChI is InChI=1S/C34H28ClF3N4O3/c1-3-39-32(44)29(21-9-5-4-6-10-21)41-33(45)30-28(35)26-19-23(17-18-27(26)42(30)2)40-31(43)25-12-8-7-11-24(25)20-13-15-22(16-14-20)34(36,37)38/h4-19,29H,3H2,1-2H3,(H,39,44)(H,40,43)(H,41,45). The van der Waals surface area contributed by atoms with Crippen LogP contribution >= 0.6 is 11.6 Å². The van der Waals surface area contributed by atoms with E-state index in [1.54, 1.807) is 85.3 Å². The van der Waals surface area contributed by atoms with Crippen molar-refractivity contribution in [3.8, 4) is 11.1 Å². The van der Waals surface area contributed by atoms with Crippen LogP contribution in [0.5, 0.6) is 0 Å². The fourth-order valence-corrected chi connectivity index (χ4v) is 5.48. The number of nitrogens with one attached hydrogen (secondary N) is 3. The van der Waals surface area contributed by atoms with Crippen LogP contribution in [-0.2, 0) is 18.0 Å².